The van der Waals surface area contributed by atoms with Gasteiger partial charge in [-0.15, -0.1) is 0 Å². The first kappa shape index (κ1) is 21.7. The van der Waals surface area contributed by atoms with E-state index in [0.29, 0.717) is 28.9 Å². The first-order valence-electron chi connectivity index (χ1n) is 10.1. The van der Waals surface area contributed by atoms with Crippen molar-refractivity contribution in [2.75, 3.05) is 26.3 Å². The highest BCUT2D eigenvalue weighted by atomic mass is 32.2. The van der Waals surface area contributed by atoms with E-state index in [9.17, 15) is 18.6 Å². The van der Waals surface area contributed by atoms with Crippen LogP contribution in [0, 0.1) is 20.8 Å². The molecule has 164 valence electrons. The zero-order valence-electron chi connectivity index (χ0n) is 17.8. The van der Waals surface area contributed by atoms with Crippen LogP contribution in [0.4, 0.5) is 0 Å². The number of aliphatic hydroxyl groups is 2. The lowest BCUT2D eigenvalue weighted by molar-refractivity contribution is -0.219. The van der Waals surface area contributed by atoms with Gasteiger partial charge in [-0.3, -0.25) is 0 Å². The highest BCUT2D eigenvalue weighted by Gasteiger charge is 2.46. The first-order valence-corrected chi connectivity index (χ1v) is 11.6. The lowest BCUT2D eigenvalue weighted by atomic mass is 9.86. The van der Waals surface area contributed by atoms with Crippen LogP contribution in [-0.2, 0) is 20.5 Å². The van der Waals surface area contributed by atoms with E-state index in [1.807, 2.05) is 19.9 Å². The Morgan fingerprint density at radius 3 is 2.58 bits per heavy atom. The third-order valence-electron chi connectivity index (χ3n) is 5.86. The molecule has 1 atom stereocenters. The van der Waals surface area contributed by atoms with E-state index in [-0.39, 0.29) is 30.4 Å². The van der Waals surface area contributed by atoms with Crippen molar-refractivity contribution in [1.29, 1.82) is 0 Å². The van der Waals surface area contributed by atoms with Crippen molar-refractivity contribution in [3.05, 3.63) is 76.0 Å². The van der Waals surface area contributed by atoms with Gasteiger partial charge in [0, 0.05) is 24.2 Å². The van der Waals surface area contributed by atoms with Crippen LogP contribution in [0.5, 0.6) is 0 Å². The Kier molecular flexibility index (Phi) is 5.51. The Balaban J connectivity index is 1.91. The number of morpholine rings is 1. The number of ether oxygens (including phenoxy) is 1. The maximum Gasteiger partial charge on any atom is 0.283 e. The Morgan fingerprint density at radius 2 is 1.84 bits per heavy atom. The molecule has 2 aromatic rings. The number of β-amino-alcohol motifs (C(OH)–C–C–N with tert-alkyl or cyclic N) is 1. The van der Waals surface area contributed by atoms with Gasteiger partial charge in [0.1, 0.15) is 0 Å². The summed E-state index contributed by atoms with van der Waals surface area (Å²) in [6, 6.07) is 10.4. The van der Waals surface area contributed by atoms with Crippen molar-refractivity contribution < 1.29 is 23.4 Å². The quantitative estimate of drug-likeness (QED) is 0.753. The van der Waals surface area contributed by atoms with Crippen molar-refractivity contribution in [3.63, 3.8) is 0 Å². The third-order valence-corrected chi connectivity index (χ3v) is 7.29. The van der Waals surface area contributed by atoms with E-state index in [1.165, 1.54) is 0 Å². The molecule has 1 aliphatic carbocycles. The maximum atomic E-state index is 13.3. The van der Waals surface area contributed by atoms with Crippen LogP contribution >= 0.6 is 0 Å². The zero-order chi connectivity index (χ0) is 22.4. The summed E-state index contributed by atoms with van der Waals surface area (Å²) in [6.07, 6.45) is 1.55. The fourth-order valence-electron chi connectivity index (χ4n) is 4.15. The molecule has 7 nitrogen and oxygen atoms in total. The fourth-order valence-corrected chi connectivity index (χ4v) is 5.45. The largest absolute Gasteiger partial charge is 0.395 e. The van der Waals surface area contributed by atoms with Gasteiger partial charge in [0.15, 0.2) is 0 Å². The van der Waals surface area contributed by atoms with Gasteiger partial charge in [-0.05, 0) is 49.6 Å². The second-order valence-electron chi connectivity index (χ2n) is 7.93. The summed E-state index contributed by atoms with van der Waals surface area (Å²) in [6.45, 7) is 6.47. The van der Waals surface area contributed by atoms with E-state index < -0.39 is 15.8 Å². The second kappa shape index (κ2) is 7.87. The molecule has 2 N–H and O–H groups in total. The van der Waals surface area contributed by atoms with Gasteiger partial charge in [0.05, 0.1) is 29.5 Å². The predicted molar refractivity (Wildman–Crippen MR) is 117 cm³/mol. The summed E-state index contributed by atoms with van der Waals surface area (Å²) in [5.74, 6) is -1.72. The molecule has 1 fully saturated rings. The summed E-state index contributed by atoms with van der Waals surface area (Å²) in [5.41, 5.74) is 4.03. The van der Waals surface area contributed by atoms with Crippen LogP contribution in [0.3, 0.4) is 0 Å². The Morgan fingerprint density at radius 1 is 1.13 bits per heavy atom. The van der Waals surface area contributed by atoms with E-state index in [0.717, 1.165) is 11.1 Å². The second-order valence-corrected chi connectivity index (χ2v) is 9.50. The summed E-state index contributed by atoms with van der Waals surface area (Å²) < 4.78 is 36.5. The molecule has 0 radical (unpaired) electrons. The average Bonchev–Trinajstić information content (AvgIpc) is 2.72. The number of aryl methyl sites for hydroxylation is 3. The standard InChI is InChI=1S/C23H26N2O5S/c1-15-12-17(3)21(13-16(15)2)31(28,29)24-20-14-22-23(27,19-7-5-4-6-18(19)20)30-11-9-25(22)8-10-26/h4-7,12-14,26-27H,8-11H2,1-3H3/t23-/m1/s1. The molecule has 0 amide bonds. The first-order chi connectivity index (χ1) is 14.7. The Labute approximate surface area is 182 Å². The molecule has 8 heteroatoms. The number of rotatable bonds is 4. The van der Waals surface area contributed by atoms with Crippen molar-refractivity contribution in [3.8, 4) is 0 Å². The molecule has 1 heterocycles. The van der Waals surface area contributed by atoms with Gasteiger partial charge in [0.25, 0.3) is 10.0 Å². The molecule has 0 bridgehead atoms. The summed E-state index contributed by atoms with van der Waals surface area (Å²) >= 11 is 0. The third kappa shape index (κ3) is 3.70. The van der Waals surface area contributed by atoms with Crippen molar-refractivity contribution in [2.24, 2.45) is 4.40 Å². The minimum absolute atomic E-state index is 0.109. The van der Waals surface area contributed by atoms with Gasteiger partial charge in [-0.1, -0.05) is 30.3 Å². The number of allylic oxidation sites excluding steroid dienone is 1. The molecule has 31 heavy (non-hydrogen) atoms. The summed E-state index contributed by atoms with van der Waals surface area (Å²) in [5, 5.41) is 20.8. The molecule has 4 rings (SSSR count). The molecule has 0 unspecified atom stereocenters. The molecule has 0 aromatic heterocycles. The highest BCUT2D eigenvalue weighted by molar-refractivity contribution is 7.90. The lowest BCUT2D eigenvalue weighted by Crippen LogP contribution is -2.50. The van der Waals surface area contributed by atoms with Crippen LogP contribution in [0.25, 0.3) is 0 Å². The summed E-state index contributed by atoms with van der Waals surface area (Å²) in [7, 11) is -4.01. The number of fused-ring (bicyclic) bond motifs is 3. The van der Waals surface area contributed by atoms with Gasteiger partial charge in [0.2, 0.25) is 5.79 Å². The lowest BCUT2D eigenvalue weighted by Gasteiger charge is -2.45. The Bertz CT molecular complexity index is 1200. The number of sulfonamides is 1. The molecule has 2 aromatic carbocycles. The molecular weight excluding hydrogens is 416 g/mol. The maximum absolute atomic E-state index is 13.3. The number of aliphatic hydroxyl groups excluding tert-OH is 1. The SMILES string of the molecule is Cc1cc(C)c(S(=O)(=O)N=C2C=C3N(CCO)CCO[C@]3(O)c3ccccc32)cc1C. The molecule has 0 spiro atoms. The number of nitrogens with zero attached hydrogens (tertiary/aromatic N) is 2. The van der Waals surface area contributed by atoms with Gasteiger partial charge < -0.3 is 19.8 Å². The topological polar surface area (TPSA) is 99.4 Å². The van der Waals surface area contributed by atoms with Crippen LogP contribution < -0.4 is 0 Å². The Hall–Kier alpha value is -2.52. The van der Waals surface area contributed by atoms with E-state index in [2.05, 4.69) is 4.40 Å². The summed E-state index contributed by atoms with van der Waals surface area (Å²) in [4.78, 5) is 1.95. The number of hydrogen-bond donors (Lipinski definition) is 2. The predicted octanol–water partition coefficient (Wildman–Crippen LogP) is 2.16. The minimum atomic E-state index is -4.01. The van der Waals surface area contributed by atoms with Crippen molar-refractivity contribution >= 4 is 15.7 Å². The van der Waals surface area contributed by atoms with E-state index >= 15 is 0 Å². The molecule has 0 saturated carbocycles. The van der Waals surface area contributed by atoms with Crippen LogP contribution in [0.15, 0.2) is 57.5 Å². The molecule has 1 saturated heterocycles. The molecule has 1 aliphatic heterocycles. The zero-order valence-corrected chi connectivity index (χ0v) is 18.6. The van der Waals surface area contributed by atoms with Crippen LogP contribution in [0.1, 0.15) is 27.8 Å². The minimum Gasteiger partial charge on any atom is -0.395 e. The van der Waals surface area contributed by atoms with E-state index in [4.69, 9.17) is 4.74 Å². The van der Waals surface area contributed by atoms with Crippen molar-refractivity contribution in [2.45, 2.75) is 31.5 Å². The number of benzene rings is 2. The van der Waals surface area contributed by atoms with Gasteiger partial charge in [-0.2, -0.15) is 12.8 Å². The fraction of sp³-hybridized carbons (Fsp3) is 0.348. The number of hydrogen-bond acceptors (Lipinski definition) is 6. The van der Waals surface area contributed by atoms with Crippen LogP contribution in [-0.4, -0.2) is 55.5 Å². The monoisotopic (exact) mass is 442 g/mol. The smallest absolute Gasteiger partial charge is 0.283 e. The van der Waals surface area contributed by atoms with Gasteiger partial charge >= 0.3 is 0 Å². The normalized spacial score (nSPS) is 22.2. The van der Waals surface area contributed by atoms with Gasteiger partial charge in [-0.25, -0.2) is 0 Å². The van der Waals surface area contributed by atoms with E-state index in [1.54, 1.807) is 48.2 Å². The average molecular weight is 443 g/mol. The van der Waals surface area contributed by atoms with Crippen LogP contribution in [0.2, 0.25) is 0 Å². The highest BCUT2D eigenvalue weighted by Crippen LogP contribution is 2.41. The molecule has 2 aliphatic rings. The van der Waals surface area contributed by atoms with Crippen molar-refractivity contribution in [1.82, 2.24) is 4.90 Å². The molecular formula is C23H26N2O5S.